The van der Waals surface area contributed by atoms with E-state index in [1.807, 2.05) is 0 Å². The standard InChI is InChI=1S/C10H7Cl2FO2/c1-5(14)2-10(15)6-3-9(13)8(12)4-7(6)11/h3-4H,2H2,1H3. The Balaban J connectivity index is 3.09. The van der Waals surface area contributed by atoms with Gasteiger partial charge in [-0.2, -0.15) is 0 Å². The van der Waals surface area contributed by atoms with Crippen molar-refractivity contribution in [1.29, 1.82) is 0 Å². The van der Waals surface area contributed by atoms with E-state index in [0.29, 0.717) is 0 Å². The van der Waals surface area contributed by atoms with Crippen LogP contribution in [0, 0.1) is 5.82 Å². The predicted molar refractivity (Wildman–Crippen MR) is 56.0 cm³/mol. The summed E-state index contributed by atoms with van der Waals surface area (Å²) >= 11 is 11.2. The first-order valence-corrected chi connectivity index (χ1v) is 4.84. The van der Waals surface area contributed by atoms with Gasteiger partial charge in [-0.15, -0.1) is 0 Å². The van der Waals surface area contributed by atoms with Crippen LogP contribution in [-0.2, 0) is 4.79 Å². The van der Waals surface area contributed by atoms with E-state index in [0.717, 1.165) is 12.1 Å². The Morgan fingerprint density at radius 3 is 2.40 bits per heavy atom. The summed E-state index contributed by atoms with van der Waals surface area (Å²) in [6.07, 6.45) is -0.291. The molecule has 15 heavy (non-hydrogen) atoms. The van der Waals surface area contributed by atoms with Gasteiger partial charge >= 0.3 is 0 Å². The fourth-order valence-corrected chi connectivity index (χ4v) is 1.55. The van der Waals surface area contributed by atoms with Crippen LogP contribution in [0.15, 0.2) is 12.1 Å². The number of rotatable bonds is 3. The summed E-state index contributed by atoms with van der Waals surface area (Å²) < 4.78 is 13.0. The highest BCUT2D eigenvalue weighted by Crippen LogP contribution is 2.25. The van der Waals surface area contributed by atoms with Crippen molar-refractivity contribution in [2.45, 2.75) is 13.3 Å². The van der Waals surface area contributed by atoms with Gasteiger partial charge < -0.3 is 0 Å². The number of hydrogen-bond donors (Lipinski definition) is 0. The Hall–Kier alpha value is -0.930. The number of Topliss-reactive ketones (excluding diaryl/α,β-unsaturated/α-hetero) is 2. The molecule has 0 heterocycles. The monoisotopic (exact) mass is 248 g/mol. The number of halogens is 3. The average Bonchev–Trinajstić information content (AvgIpc) is 2.09. The first-order valence-electron chi connectivity index (χ1n) is 4.09. The Bertz CT molecular complexity index is 430. The van der Waals surface area contributed by atoms with Crippen molar-refractivity contribution in [2.75, 3.05) is 0 Å². The maximum absolute atomic E-state index is 13.0. The predicted octanol–water partition coefficient (Wildman–Crippen LogP) is 3.29. The fraction of sp³-hybridized carbons (Fsp3) is 0.200. The topological polar surface area (TPSA) is 34.1 Å². The van der Waals surface area contributed by atoms with Crippen LogP contribution in [0.1, 0.15) is 23.7 Å². The molecule has 1 aromatic carbocycles. The zero-order valence-electron chi connectivity index (χ0n) is 7.81. The lowest BCUT2D eigenvalue weighted by Gasteiger charge is -2.03. The van der Waals surface area contributed by atoms with Crippen molar-refractivity contribution in [3.8, 4) is 0 Å². The molecule has 2 nitrogen and oxygen atoms in total. The second-order valence-electron chi connectivity index (χ2n) is 3.05. The van der Waals surface area contributed by atoms with Gasteiger partial charge in [0.1, 0.15) is 11.6 Å². The molecule has 0 saturated heterocycles. The summed E-state index contributed by atoms with van der Waals surface area (Å²) in [5.74, 6) is -1.54. The number of carbonyl (C=O) groups excluding carboxylic acids is 2. The first-order chi connectivity index (χ1) is 6.91. The molecule has 0 unspecified atom stereocenters. The number of benzene rings is 1. The lowest BCUT2D eigenvalue weighted by Crippen LogP contribution is -2.06. The molecule has 0 aliphatic rings. The lowest BCUT2D eigenvalue weighted by molar-refractivity contribution is -0.116. The zero-order valence-corrected chi connectivity index (χ0v) is 9.32. The Labute approximate surface area is 96.0 Å². The molecular weight excluding hydrogens is 242 g/mol. The highest BCUT2D eigenvalue weighted by atomic mass is 35.5. The van der Waals surface area contributed by atoms with E-state index in [4.69, 9.17) is 23.2 Å². The molecule has 0 fully saturated rings. The minimum absolute atomic E-state index is 0.0197. The number of hydrogen-bond acceptors (Lipinski definition) is 2. The molecule has 80 valence electrons. The normalized spacial score (nSPS) is 10.1. The third kappa shape index (κ3) is 3.01. The van der Waals surface area contributed by atoms with E-state index in [9.17, 15) is 14.0 Å². The second kappa shape index (κ2) is 4.73. The first kappa shape index (κ1) is 12.1. The highest BCUT2D eigenvalue weighted by Gasteiger charge is 2.15. The second-order valence-corrected chi connectivity index (χ2v) is 3.86. The molecule has 1 aromatic rings. The summed E-state index contributed by atoms with van der Waals surface area (Å²) in [6, 6.07) is 2.09. The Morgan fingerprint density at radius 1 is 1.27 bits per heavy atom. The Morgan fingerprint density at radius 2 is 1.87 bits per heavy atom. The molecular formula is C10H7Cl2FO2. The highest BCUT2D eigenvalue weighted by molar-refractivity contribution is 6.37. The van der Waals surface area contributed by atoms with Gasteiger partial charge in [-0.1, -0.05) is 23.2 Å². The van der Waals surface area contributed by atoms with Crippen molar-refractivity contribution >= 4 is 34.8 Å². The molecule has 0 aromatic heterocycles. The van der Waals surface area contributed by atoms with Crippen LogP contribution in [0.5, 0.6) is 0 Å². The van der Waals surface area contributed by atoms with E-state index in [-0.39, 0.29) is 27.8 Å². The molecule has 0 aliphatic carbocycles. The van der Waals surface area contributed by atoms with E-state index in [1.54, 1.807) is 0 Å². The molecule has 0 atom stereocenters. The van der Waals surface area contributed by atoms with E-state index in [1.165, 1.54) is 6.92 Å². The van der Waals surface area contributed by atoms with Gasteiger partial charge in [-0.3, -0.25) is 9.59 Å². The summed E-state index contributed by atoms with van der Waals surface area (Å²) in [4.78, 5) is 22.1. The van der Waals surface area contributed by atoms with Crippen molar-refractivity contribution in [2.24, 2.45) is 0 Å². The molecule has 0 aliphatic heterocycles. The molecule has 0 radical (unpaired) electrons. The van der Waals surface area contributed by atoms with Crippen molar-refractivity contribution in [3.63, 3.8) is 0 Å². The van der Waals surface area contributed by atoms with Crippen molar-refractivity contribution in [3.05, 3.63) is 33.6 Å². The van der Waals surface area contributed by atoms with E-state index in [2.05, 4.69) is 0 Å². The smallest absolute Gasteiger partial charge is 0.171 e. The lowest BCUT2D eigenvalue weighted by atomic mass is 10.1. The van der Waals surface area contributed by atoms with E-state index < -0.39 is 11.6 Å². The van der Waals surface area contributed by atoms with Crippen molar-refractivity contribution < 1.29 is 14.0 Å². The molecule has 1 rings (SSSR count). The van der Waals surface area contributed by atoms with Gasteiger partial charge in [-0.25, -0.2) is 4.39 Å². The maximum Gasteiger partial charge on any atom is 0.171 e. The van der Waals surface area contributed by atoms with Gasteiger partial charge in [0.15, 0.2) is 5.78 Å². The minimum Gasteiger partial charge on any atom is -0.300 e. The zero-order chi connectivity index (χ0) is 11.6. The molecule has 0 N–H and O–H groups in total. The van der Waals surface area contributed by atoms with Crippen LogP contribution in [0.3, 0.4) is 0 Å². The van der Waals surface area contributed by atoms with Gasteiger partial charge in [0.2, 0.25) is 0 Å². The molecule has 5 heteroatoms. The van der Waals surface area contributed by atoms with Crippen molar-refractivity contribution in [1.82, 2.24) is 0 Å². The van der Waals surface area contributed by atoms with E-state index >= 15 is 0 Å². The van der Waals surface area contributed by atoms with Crippen LogP contribution in [0.25, 0.3) is 0 Å². The molecule has 0 saturated carbocycles. The number of ketones is 2. The van der Waals surface area contributed by atoms with Gasteiger partial charge in [0.05, 0.1) is 16.5 Å². The summed E-state index contributed by atoms with van der Waals surface area (Å²) in [7, 11) is 0. The van der Waals surface area contributed by atoms with Crippen LogP contribution in [0.2, 0.25) is 10.0 Å². The maximum atomic E-state index is 13.0. The van der Waals surface area contributed by atoms with Crippen LogP contribution in [0.4, 0.5) is 4.39 Å². The third-order valence-corrected chi connectivity index (χ3v) is 2.32. The number of carbonyl (C=O) groups is 2. The molecule has 0 spiro atoms. The quantitative estimate of drug-likeness (QED) is 0.468. The third-order valence-electron chi connectivity index (χ3n) is 1.72. The van der Waals surface area contributed by atoms with Gasteiger partial charge in [0, 0.05) is 5.56 Å². The molecule has 0 amide bonds. The largest absolute Gasteiger partial charge is 0.300 e. The van der Waals surface area contributed by atoms with Crippen LogP contribution >= 0.6 is 23.2 Å². The molecule has 0 bridgehead atoms. The minimum atomic E-state index is -0.729. The van der Waals surface area contributed by atoms with Gasteiger partial charge in [0.25, 0.3) is 0 Å². The van der Waals surface area contributed by atoms with Crippen LogP contribution < -0.4 is 0 Å². The summed E-state index contributed by atoms with van der Waals surface area (Å²) in [5.41, 5.74) is -0.0197. The summed E-state index contributed by atoms with van der Waals surface area (Å²) in [5, 5.41) is -0.105. The average molecular weight is 249 g/mol. The van der Waals surface area contributed by atoms with Crippen LogP contribution in [-0.4, -0.2) is 11.6 Å². The fourth-order valence-electron chi connectivity index (χ4n) is 1.06. The van der Waals surface area contributed by atoms with Gasteiger partial charge in [-0.05, 0) is 19.1 Å². The SMILES string of the molecule is CC(=O)CC(=O)c1cc(F)c(Cl)cc1Cl. The summed E-state index contributed by atoms with van der Waals surface area (Å²) in [6.45, 7) is 1.28. The Kier molecular flexibility index (Phi) is 3.83.